The fourth-order valence-electron chi connectivity index (χ4n) is 3.35. The zero-order valence-corrected chi connectivity index (χ0v) is 14.0. The Labute approximate surface area is 136 Å². The molecule has 1 saturated heterocycles. The SMILES string of the molecule is COCC(C)(C)CC1NCC(c2cccc(Cl)c2F)C1C#N. The molecule has 0 aromatic heterocycles. The summed E-state index contributed by atoms with van der Waals surface area (Å²) in [6.07, 6.45) is 0.803. The summed E-state index contributed by atoms with van der Waals surface area (Å²) in [5.41, 5.74) is 0.488. The van der Waals surface area contributed by atoms with Crippen molar-refractivity contribution in [3.05, 3.63) is 34.6 Å². The van der Waals surface area contributed by atoms with E-state index in [1.54, 1.807) is 19.2 Å². The molecular formula is C17H22ClFN2O. The zero-order valence-electron chi connectivity index (χ0n) is 13.2. The van der Waals surface area contributed by atoms with Crippen molar-refractivity contribution in [1.29, 1.82) is 5.26 Å². The molecule has 1 aromatic carbocycles. The van der Waals surface area contributed by atoms with E-state index in [1.807, 2.05) is 0 Å². The Bertz CT molecular complexity index is 570. The van der Waals surface area contributed by atoms with Crippen LogP contribution in [0.4, 0.5) is 4.39 Å². The van der Waals surface area contributed by atoms with Gasteiger partial charge in [-0.05, 0) is 23.5 Å². The molecular weight excluding hydrogens is 303 g/mol. The topological polar surface area (TPSA) is 45.0 Å². The van der Waals surface area contributed by atoms with Gasteiger partial charge in [-0.2, -0.15) is 5.26 Å². The molecule has 5 heteroatoms. The van der Waals surface area contributed by atoms with Crippen LogP contribution < -0.4 is 5.32 Å². The largest absolute Gasteiger partial charge is 0.384 e. The molecule has 120 valence electrons. The molecule has 0 spiro atoms. The van der Waals surface area contributed by atoms with Gasteiger partial charge in [0.1, 0.15) is 5.82 Å². The number of ether oxygens (including phenoxy) is 1. The maximum absolute atomic E-state index is 14.3. The Hall–Kier alpha value is -1.15. The highest BCUT2D eigenvalue weighted by Crippen LogP contribution is 2.38. The second kappa shape index (κ2) is 6.95. The summed E-state index contributed by atoms with van der Waals surface area (Å²) in [4.78, 5) is 0. The summed E-state index contributed by atoms with van der Waals surface area (Å²) in [6, 6.07) is 7.37. The first kappa shape index (κ1) is 17.2. The first-order valence-corrected chi connectivity index (χ1v) is 7.83. The normalized spacial score (nSPS) is 25.2. The molecule has 0 bridgehead atoms. The lowest BCUT2D eigenvalue weighted by Gasteiger charge is -2.29. The van der Waals surface area contributed by atoms with Gasteiger partial charge in [0.15, 0.2) is 0 Å². The monoisotopic (exact) mass is 324 g/mol. The lowest BCUT2D eigenvalue weighted by atomic mass is 9.79. The molecule has 0 saturated carbocycles. The first-order chi connectivity index (χ1) is 10.4. The van der Waals surface area contributed by atoms with Crippen molar-refractivity contribution in [2.75, 3.05) is 20.3 Å². The van der Waals surface area contributed by atoms with E-state index >= 15 is 0 Å². The summed E-state index contributed by atoms with van der Waals surface area (Å²) in [7, 11) is 1.68. The fourth-order valence-corrected chi connectivity index (χ4v) is 3.53. The van der Waals surface area contributed by atoms with Crippen molar-refractivity contribution in [3.8, 4) is 6.07 Å². The van der Waals surface area contributed by atoms with E-state index < -0.39 is 5.82 Å². The molecule has 0 amide bonds. The number of halogens is 2. The van der Waals surface area contributed by atoms with E-state index in [4.69, 9.17) is 16.3 Å². The zero-order chi connectivity index (χ0) is 16.3. The van der Waals surface area contributed by atoms with Crippen LogP contribution in [0.25, 0.3) is 0 Å². The number of rotatable bonds is 5. The van der Waals surface area contributed by atoms with Crippen molar-refractivity contribution < 1.29 is 9.13 Å². The Kier molecular flexibility index (Phi) is 5.44. The van der Waals surface area contributed by atoms with Gasteiger partial charge in [0.05, 0.1) is 23.6 Å². The molecule has 3 unspecified atom stereocenters. The van der Waals surface area contributed by atoms with Crippen LogP contribution in [-0.4, -0.2) is 26.3 Å². The Morgan fingerprint density at radius 1 is 1.50 bits per heavy atom. The van der Waals surface area contributed by atoms with Gasteiger partial charge in [-0.1, -0.05) is 37.6 Å². The second-order valence-corrected chi connectivity index (χ2v) is 7.13. The number of nitriles is 1. The van der Waals surface area contributed by atoms with Crippen LogP contribution in [0.5, 0.6) is 0 Å². The smallest absolute Gasteiger partial charge is 0.145 e. The van der Waals surface area contributed by atoms with E-state index in [0.29, 0.717) is 18.7 Å². The van der Waals surface area contributed by atoms with Crippen LogP contribution in [0, 0.1) is 28.5 Å². The third kappa shape index (κ3) is 3.60. The maximum Gasteiger partial charge on any atom is 0.145 e. The van der Waals surface area contributed by atoms with Crippen molar-refractivity contribution in [2.45, 2.75) is 32.2 Å². The molecule has 3 atom stereocenters. The minimum atomic E-state index is -0.409. The average molecular weight is 325 g/mol. The van der Waals surface area contributed by atoms with Crippen LogP contribution in [0.15, 0.2) is 18.2 Å². The van der Waals surface area contributed by atoms with E-state index in [0.717, 1.165) is 6.42 Å². The lowest BCUT2D eigenvalue weighted by molar-refractivity contribution is 0.0890. The molecule has 1 fully saturated rings. The van der Waals surface area contributed by atoms with Gasteiger partial charge in [0, 0.05) is 25.6 Å². The molecule has 1 heterocycles. The predicted molar refractivity (Wildman–Crippen MR) is 85.3 cm³/mol. The molecule has 1 aliphatic heterocycles. The van der Waals surface area contributed by atoms with E-state index in [1.165, 1.54) is 6.07 Å². The van der Waals surface area contributed by atoms with E-state index in [2.05, 4.69) is 25.2 Å². The summed E-state index contributed by atoms with van der Waals surface area (Å²) in [6.45, 7) is 5.43. The first-order valence-electron chi connectivity index (χ1n) is 7.45. The van der Waals surface area contributed by atoms with E-state index in [9.17, 15) is 9.65 Å². The highest BCUT2D eigenvalue weighted by atomic mass is 35.5. The molecule has 22 heavy (non-hydrogen) atoms. The van der Waals surface area contributed by atoms with Crippen LogP contribution in [0.3, 0.4) is 0 Å². The minimum absolute atomic E-state index is 0.0264. The molecule has 1 N–H and O–H groups in total. The number of benzene rings is 1. The van der Waals surface area contributed by atoms with Crippen molar-refractivity contribution in [2.24, 2.45) is 11.3 Å². The number of nitrogens with zero attached hydrogens (tertiary/aromatic N) is 1. The number of hydrogen-bond donors (Lipinski definition) is 1. The second-order valence-electron chi connectivity index (χ2n) is 6.72. The number of methoxy groups -OCH3 is 1. The van der Waals surface area contributed by atoms with Crippen molar-refractivity contribution >= 4 is 11.6 Å². The lowest BCUT2D eigenvalue weighted by Crippen LogP contribution is -2.34. The van der Waals surface area contributed by atoms with Gasteiger partial charge < -0.3 is 10.1 Å². The highest BCUT2D eigenvalue weighted by Gasteiger charge is 2.40. The van der Waals surface area contributed by atoms with Gasteiger partial charge >= 0.3 is 0 Å². The van der Waals surface area contributed by atoms with Crippen LogP contribution >= 0.6 is 11.6 Å². The van der Waals surface area contributed by atoms with Crippen LogP contribution in [-0.2, 0) is 4.74 Å². The third-order valence-electron chi connectivity index (χ3n) is 4.30. The summed E-state index contributed by atoms with van der Waals surface area (Å²) in [5.74, 6) is -0.857. The molecule has 0 radical (unpaired) electrons. The maximum atomic E-state index is 14.3. The van der Waals surface area contributed by atoms with Crippen LogP contribution in [0.1, 0.15) is 31.7 Å². The standard InChI is InChI=1S/C17H22ClFN2O/c1-17(2,10-22-3)7-15-12(8-20)13(9-21-15)11-5-4-6-14(18)16(11)19/h4-6,12-13,15,21H,7,9-10H2,1-3H3. The summed E-state index contributed by atoms with van der Waals surface area (Å²) < 4.78 is 19.5. The van der Waals surface area contributed by atoms with Gasteiger partial charge in [0.2, 0.25) is 0 Å². The van der Waals surface area contributed by atoms with Crippen molar-refractivity contribution in [1.82, 2.24) is 5.32 Å². The Balaban J connectivity index is 2.20. The molecule has 1 aromatic rings. The van der Waals surface area contributed by atoms with Gasteiger partial charge in [-0.15, -0.1) is 0 Å². The molecule has 1 aliphatic rings. The van der Waals surface area contributed by atoms with Gasteiger partial charge in [-0.3, -0.25) is 0 Å². The number of nitrogens with one attached hydrogen (secondary N) is 1. The van der Waals surface area contributed by atoms with Crippen LogP contribution in [0.2, 0.25) is 5.02 Å². The van der Waals surface area contributed by atoms with Crippen molar-refractivity contribution in [3.63, 3.8) is 0 Å². The predicted octanol–water partition coefficient (Wildman–Crippen LogP) is 3.74. The number of hydrogen-bond acceptors (Lipinski definition) is 3. The molecule has 2 rings (SSSR count). The highest BCUT2D eigenvalue weighted by molar-refractivity contribution is 6.30. The molecule has 0 aliphatic carbocycles. The third-order valence-corrected chi connectivity index (χ3v) is 4.60. The Morgan fingerprint density at radius 2 is 2.23 bits per heavy atom. The average Bonchev–Trinajstić information content (AvgIpc) is 2.83. The Morgan fingerprint density at radius 3 is 2.86 bits per heavy atom. The summed E-state index contributed by atoms with van der Waals surface area (Å²) >= 11 is 5.87. The van der Waals surface area contributed by atoms with Gasteiger partial charge in [-0.25, -0.2) is 4.39 Å². The van der Waals surface area contributed by atoms with Gasteiger partial charge in [0.25, 0.3) is 0 Å². The minimum Gasteiger partial charge on any atom is -0.384 e. The fraction of sp³-hybridized carbons (Fsp3) is 0.588. The molecule has 3 nitrogen and oxygen atoms in total. The quantitative estimate of drug-likeness (QED) is 0.897. The summed E-state index contributed by atoms with van der Waals surface area (Å²) in [5, 5.41) is 13.1. The van der Waals surface area contributed by atoms with E-state index in [-0.39, 0.29) is 28.3 Å².